The fourth-order valence-electron chi connectivity index (χ4n) is 1.54. The quantitative estimate of drug-likeness (QED) is 0.774. The summed E-state index contributed by atoms with van der Waals surface area (Å²) in [4.78, 5) is 4.28. The van der Waals surface area contributed by atoms with E-state index in [1.54, 1.807) is 17.1 Å². The summed E-state index contributed by atoms with van der Waals surface area (Å²) in [6, 6.07) is 3.62. The molecule has 78 valence electrons. The van der Waals surface area contributed by atoms with Crippen LogP contribution in [-0.4, -0.2) is 20.0 Å². The predicted molar refractivity (Wildman–Crippen MR) is 56.0 cm³/mol. The Morgan fingerprint density at radius 2 is 2.27 bits per heavy atom. The Bertz CT molecular complexity index is 462. The van der Waals surface area contributed by atoms with Gasteiger partial charge in [0, 0.05) is 13.2 Å². The maximum atomic E-state index is 6.10. The Kier molecular flexibility index (Phi) is 2.47. The summed E-state index contributed by atoms with van der Waals surface area (Å²) in [5.41, 5.74) is 8.90. The van der Waals surface area contributed by atoms with Gasteiger partial charge in [0.05, 0.1) is 23.6 Å². The topological polar surface area (TPSA) is 69.6 Å². The molecule has 0 saturated heterocycles. The highest BCUT2D eigenvalue weighted by atomic mass is 15.4. The van der Waals surface area contributed by atoms with Crippen LogP contribution in [0.1, 0.15) is 23.0 Å². The third-order valence-corrected chi connectivity index (χ3v) is 2.41. The molecule has 0 aromatic carbocycles. The second kappa shape index (κ2) is 3.78. The van der Waals surface area contributed by atoms with Crippen LogP contribution in [0.15, 0.2) is 24.5 Å². The summed E-state index contributed by atoms with van der Waals surface area (Å²) in [5.74, 6) is 0. The zero-order chi connectivity index (χ0) is 10.8. The van der Waals surface area contributed by atoms with E-state index < -0.39 is 0 Å². The Morgan fingerprint density at radius 3 is 2.87 bits per heavy atom. The molecule has 2 heterocycles. The average molecular weight is 203 g/mol. The van der Waals surface area contributed by atoms with E-state index in [4.69, 9.17) is 5.73 Å². The number of aryl methyl sites for hydroxylation is 2. The third kappa shape index (κ3) is 1.73. The van der Waals surface area contributed by atoms with Crippen molar-refractivity contribution in [2.45, 2.75) is 13.0 Å². The molecule has 0 fully saturated rings. The maximum absolute atomic E-state index is 6.10. The highest BCUT2D eigenvalue weighted by Gasteiger charge is 2.15. The van der Waals surface area contributed by atoms with Crippen molar-refractivity contribution >= 4 is 0 Å². The van der Waals surface area contributed by atoms with Gasteiger partial charge >= 0.3 is 0 Å². The Hall–Kier alpha value is -1.75. The number of nitrogens with zero attached hydrogens (tertiary/aromatic N) is 4. The highest BCUT2D eigenvalue weighted by molar-refractivity contribution is 5.26. The minimum atomic E-state index is -0.272. The lowest BCUT2D eigenvalue weighted by Gasteiger charge is -2.12. The normalized spacial score (nSPS) is 12.7. The summed E-state index contributed by atoms with van der Waals surface area (Å²) in [5, 5.41) is 7.65. The molecule has 2 aromatic heterocycles. The minimum absolute atomic E-state index is 0.272. The molecule has 0 saturated carbocycles. The Balaban J connectivity index is 2.41. The van der Waals surface area contributed by atoms with Crippen molar-refractivity contribution in [1.82, 2.24) is 20.0 Å². The summed E-state index contributed by atoms with van der Waals surface area (Å²) in [7, 11) is 1.82. The van der Waals surface area contributed by atoms with Gasteiger partial charge < -0.3 is 5.73 Å². The SMILES string of the molecule is Cc1cccnc1C(N)c1cnnn1C. The van der Waals surface area contributed by atoms with Gasteiger partial charge in [-0.15, -0.1) is 5.10 Å². The van der Waals surface area contributed by atoms with Gasteiger partial charge in [-0.3, -0.25) is 9.67 Å². The van der Waals surface area contributed by atoms with Gasteiger partial charge in [-0.25, -0.2) is 0 Å². The van der Waals surface area contributed by atoms with Crippen molar-refractivity contribution in [1.29, 1.82) is 0 Å². The van der Waals surface area contributed by atoms with E-state index in [1.165, 1.54) is 0 Å². The minimum Gasteiger partial charge on any atom is -0.318 e. The summed E-state index contributed by atoms with van der Waals surface area (Å²) < 4.78 is 1.67. The number of pyridine rings is 1. The number of rotatable bonds is 2. The third-order valence-electron chi connectivity index (χ3n) is 2.41. The van der Waals surface area contributed by atoms with Crippen LogP contribution in [0.3, 0.4) is 0 Å². The van der Waals surface area contributed by atoms with Crippen molar-refractivity contribution in [3.05, 3.63) is 41.5 Å². The molecular formula is C10H13N5. The van der Waals surface area contributed by atoms with Gasteiger partial charge in [0.2, 0.25) is 0 Å². The first-order valence-electron chi connectivity index (χ1n) is 4.72. The van der Waals surface area contributed by atoms with Gasteiger partial charge in [0.15, 0.2) is 0 Å². The average Bonchev–Trinajstić information content (AvgIpc) is 2.64. The molecule has 5 heteroatoms. The smallest absolute Gasteiger partial charge is 0.0916 e. The largest absolute Gasteiger partial charge is 0.318 e. The molecule has 15 heavy (non-hydrogen) atoms. The molecule has 2 aromatic rings. The van der Waals surface area contributed by atoms with Gasteiger partial charge in [0.1, 0.15) is 0 Å². The van der Waals surface area contributed by atoms with Crippen LogP contribution < -0.4 is 5.73 Å². The molecule has 0 aliphatic heterocycles. The van der Waals surface area contributed by atoms with Gasteiger partial charge in [-0.2, -0.15) is 0 Å². The second-order valence-corrected chi connectivity index (χ2v) is 3.47. The number of aromatic nitrogens is 4. The Morgan fingerprint density at radius 1 is 1.47 bits per heavy atom. The predicted octanol–water partition coefficient (Wildman–Crippen LogP) is 0.567. The lowest BCUT2D eigenvalue weighted by atomic mass is 10.1. The van der Waals surface area contributed by atoms with Crippen LogP contribution in [-0.2, 0) is 7.05 Å². The van der Waals surface area contributed by atoms with E-state index in [1.807, 2.05) is 26.1 Å². The van der Waals surface area contributed by atoms with E-state index in [0.29, 0.717) is 0 Å². The molecule has 0 bridgehead atoms. The zero-order valence-electron chi connectivity index (χ0n) is 8.75. The van der Waals surface area contributed by atoms with E-state index in [9.17, 15) is 0 Å². The molecule has 0 aliphatic carbocycles. The standard InChI is InChI=1S/C10H13N5/c1-7-4-3-5-12-10(7)9(11)8-6-13-14-15(8)2/h3-6,9H,11H2,1-2H3. The lowest BCUT2D eigenvalue weighted by molar-refractivity contribution is 0.642. The van der Waals surface area contributed by atoms with Gasteiger partial charge in [-0.1, -0.05) is 11.3 Å². The molecule has 0 aliphatic rings. The van der Waals surface area contributed by atoms with Crippen molar-refractivity contribution in [2.75, 3.05) is 0 Å². The molecule has 1 unspecified atom stereocenters. The number of hydrogen-bond acceptors (Lipinski definition) is 4. The first-order valence-corrected chi connectivity index (χ1v) is 4.72. The van der Waals surface area contributed by atoms with Crippen LogP contribution in [0.4, 0.5) is 0 Å². The van der Waals surface area contributed by atoms with Crippen LogP contribution in [0, 0.1) is 6.92 Å². The first kappa shape index (κ1) is 9.79. The monoisotopic (exact) mass is 203 g/mol. The summed E-state index contributed by atoms with van der Waals surface area (Å²) >= 11 is 0. The van der Waals surface area contributed by atoms with Crippen LogP contribution in [0.25, 0.3) is 0 Å². The molecule has 1 atom stereocenters. The number of hydrogen-bond donors (Lipinski definition) is 1. The van der Waals surface area contributed by atoms with E-state index in [2.05, 4.69) is 15.3 Å². The lowest BCUT2D eigenvalue weighted by Crippen LogP contribution is -2.18. The van der Waals surface area contributed by atoms with Crippen molar-refractivity contribution in [2.24, 2.45) is 12.8 Å². The van der Waals surface area contributed by atoms with E-state index in [0.717, 1.165) is 17.0 Å². The second-order valence-electron chi connectivity index (χ2n) is 3.47. The molecule has 5 nitrogen and oxygen atoms in total. The fourth-order valence-corrected chi connectivity index (χ4v) is 1.54. The number of nitrogens with two attached hydrogens (primary N) is 1. The van der Waals surface area contributed by atoms with Crippen LogP contribution in [0.2, 0.25) is 0 Å². The van der Waals surface area contributed by atoms with Gasteiger partial charge in [-0.05, 0) is 18.6 Å². The molecule has 2 rings (SSSR count). The Labute approximate surface area is 87.9 Å². The first-order chi connectivity index (χ1) is 7.20. The molecule has 0 radical (unpaired) electrons. The zero-order valence-corrected chi connectivity index (χ0v) is 8.75. The van der Waals surface area contributed by atoms with Crippen molar-refractivity contribution < 1.29 is 0 Å². The van der Waals surface area contributed by atoms with Crippen molar-refractivity contribution in [3.8, 4) is 0 Å². The summed E-state index contributed by atoms with van der Waals surface area (Å²) in [6.45, 7) is 1.99. The highest BCUT2D eigenvalue weighted by Crippen LogP contribution is 2.18. The van der Waals surface area contributed by atoms with E-state index in [-0.39, 0.29) is 6.04 Å². The fraction of sp³-hybridized carbons (Fsp3) is 0.300. The van der Waals surface area contributed by atoms with Crippen LogP contribution >= 0.6 is 0 Å². The molecule has 0 spiro atoms. The molecule has 0 amide bonds. The van der Waals surface area contributed by atoms with Crippen molar-refractivity contribution in [3.63, 3.8) is 0 Å². The molecular weight excluding hydrogens is 190 g/mol. The maximum Gasteiger partial charge on any atom is 0.0916 e. The summed E-state index contributed by atoms with van der Waals surface area (Å²) in [6.07, 6.45) is 3.41. The molecule has 2 N–H and O–H groups in total. The van der Waals surface area contributed by atoms with Gasteiger partial charge in [0.25, 0.3) is 0 Å². The van der Waals surface area contributed by atoms with Crippen LogP contribution in [0.5, 0.6) is 0 Å². The van der Waals surface area contributed by atoms with E-state index >= 15 is 0 Å².